The fourth-order valence-corrected chi connectivity index (χ4v) is 3.12. The molecule has 0 saturated heterocycles. The van der Waals surface area contributed by atoms with Gasteiger partial charge in [-0.2, -0.15) is 0 Å². The van der Waals surface area contributed by atoms with Gasteiger partial charge in [-0.1, -0.05) is 20.8 Å². The van der Waals surface area contributed by atoms with Crippen molar-refractivity contribution >= 4 is 29.2 Å². The minimum Gasteiger partial charge on any atom is -0.462 e. The summed E-state index contributed by atoms with van der Waals surface area (Å²) in [6, 6.07) is 13.7. The molecule has 0 aliphatic rings. The molecule has 0 fully saturated rings. The Morgan fingerprint density at radius 2 is 1.34 bits per heavy atom. The highest BCUT2D eigenvalue weighted by Gasteiger charge is 2.14. The third-order valence-electron chi connectivity index (χ3n) is 4.70. The van der Waals surface area contributed by atoms with Gasteiger partial charge < -0.3 is 20.3 Å². The first kappa shape index (κ1) is 24.9. The standard InChI is InChI=1S/C25H33N3O4/c1-4-15-28(16-5-2)24(30)19-7-11-21(12-8-19)26-18-23(29)27-22-13-9-20(10-14-22)25(31)32-17-6-3/h7-14,26H,4-6,15-18H2,1-3H3,(H,27,29). The van der Waals surface area contributed by atoms with Crippen LogP contribution in [0.25, 0.3) is 0 Å². The number of hydrogen-bond donors (Lipinski definition) is 2. The maximum absolute atomic E-state index is 12.6. The molecule has 0 saturated carbocycles. The fraction of sp³-hybridized carbons (Fsp3) is 0.400. The van der Waals surface area contributed by atoms with Crippen molar-refractivity contribution < 1.29 is 19.1 Å². The second-order valence-electron chi connectivity index (χ2n) is 7.48. The smallest absolute Gasteiger partial charge is 0.338 e. The lowest BCUT2D eigenvalue weighted by atomic mass is 10.1. The minimum absolute atomic E-state index is 0.0278. The van der Waals surface area contributed by atoms with Crippen LogP contribution in [0.5, 0.6) is 0 Å². The van der Waals surface area contributed by atoms with E-state index in [1.807, 2.05) is 11.8 Å². The molecular formula is C25H33N3O4. The molecule has 2 aromatic carbocycles. The minimum atomic E-state index is -0.374. The zero-order chi connectivity index (χ0) is 23.3. The van der Waals surface area contributed by atoms with Crippen molar-refractivity contribution in [3.8, 4) is 0 Å². The zero-order valence-electron chi connectivity index (χ0n) is 19.1. The van der Waals surface area contributed by atoms with E-state index in [-0.39, 0.29) is 24.3 Å². The van der Waals surface area contributed by atoms with Crippen LogP contribution < -0.4 is 10.6 Å². The van der Waals surface area contributed by atoms with Gasteiger partial charge in [0.15, 0.2) is 0 Å². The van der Waals surface area contributed by atoms with Crippen LogP contribution in [0.4, 0.5) is 11.4 Å². The summed E-state index contributed by atoms with van der Waals surface area (Å²) in [5, 5.41) is 5.83. The van der Waals surface area contributed by atoms with Crippen molar-refractivity contribution in [3.63, 3.8) is 0 Å². The second-order valence-corrected chi connectivity index (χ2v) is 7.48. The molecule has 0 aliphatic carbocycles. The summed E-state index contributed by atoms with van der Waals surface area (Å²) < 4.78 is 5.09. The normalized spacial score (nSPS) is 10.3. The SMILES string of the molecule is CCCOC(=O)c1ccc(NC(=O)CNc2ccc(C(=O)N(CCC)CCC)cc2)cc1. The van der Waals surface area contributed by atoms with E-state index in [1.165, 1.54) is 0 Å². The van der Waals surface area contributed by atoms with Crippen molar-refractivity contribution in [2.75, 3.05) is 36.9 Å². The van der Waals surface area contributed by atoms with Gasteiger partial charge in [0.1, 0.15) is 0 Å². The third-order valence-corrected chi connectivity index (χ3v) is 4.70. The summed E-state index contributed by atoms with van der Waals surface area (Å²) in [5.74, 6) is -0.565. The van der Waals surface area contributed by atoms with E-state index in [0.29, 0.717) is 23.4 Å². The summed E-state index contributed by atoms with van der Waals surface area (Å²) in [5.41, 5.74) is 2.43. The van der Waals surface area contributed by atoms with Crippen LogP contribution in [0.2, 0.25) is 0 Å². The number of nitrogens with zero attached hydrogens (tertiary/aromatic N) is 1. The molecule has 2 aromatic rings. The van der Waals surface area contributed by atoms with Crippen LogP contribution in [-0.2, 0) is 9.53 Å². The number of ether oxygens (including phenoxy) is 1. The molecule has 0 spiro atoms. The monoisotopic (exact) mass is 439 g/mol. The highest BCUT2D eigenvalue weighted by atomic mass is 16.5. The van der Waals surface area contributed by atoms with E-state index in [1.54, 1.807) is 48.5 Å². The van der Waals surface area contributed by atoms with Crippen LogP contribution in [0.1, 0.15) is 60.7 Å². The number of esters is 1. The molecule has 0 heterocycles. The number of amides is 2. The summed E-state index contributed by atoms with van der Waals surface area (Å²) in [7, 11) is 0. The molecule has 2 N–H and O–H groups in total. The second kappa shape index (κ2) is 13.1. The van der Waals surface area contributed by atoms with Gasteiger partial charge in [0.25, 0.3) is 5.91 Å². The number of carbonyl (C=O) groups excluding carboxylic acids is 3. The van der Waals surface area contributed by atoms with Gasteiger partial charge >= 0.3 is 5.97 Å². The van der Waals surface area contributed by atoms with E-state index in [0.717, 1.165) is 38.0 Å². The molecule has 0 bridgehead atoms. The predicted octanol–water partition coefficient (Wildman–Crippen LogP) is 4.57. The van der Waals surface area contributed by atoms with Crippen molar-refractivity contribution in [3.05, 3.63) is 59.7 Å². The highest BCUT2D eigenvalue weighted by Crippen LogP contribution is 2.13. The molecule has 0 radical (unpaired) electrons. The molecule has 2 amide bonds. The van der Waals surface area contributed by atoms with Gasteiger partial charge in [0.2, 0.25) is 5.91 Å². The Morgan fingerprint density at radius 3 is 1.91 bits per heavy atom. The van der Waals surface area contributed by atoms with E-state index in [4.69, 9.17) is 4.74 Å². The van der Waals surface area contributed by atoms with Gasteiger partial charge in [0.05, 0.1) is 18.7 Å². The molecule has 2 rings (SSSR count). The number of benzene rings is 2. The predicted molar refractivity (Wildman–Crippen MR) is 127 cm³/mol. The van der Waals surface area contributed by atoms with Gasteiger partial charge in [-0.05, 0) is 67.8 Å². The van der Waals surface area contributed by atoms with E-state index >= 15 is 0 Å². The Bertz CT molecular complexity index is 873. The first-order valence-corrected chi connectivity index (χ1v) is 11.2. The van der Waals surface area contributed by atoms with Crippen LogP contribution in [-0.4, -0.2) is 48.9 Å². The lowest BCUT2D eigenvalue weighted by Crippen LogP contribution is -2.32. The molecule has 0 unspecified atom stereocenters. The van der Waals surface area contributed by atoms with Gasteiger partial charge in [-0.15, -0.1) is 0 Å². The average Bonchev–Trinajstić information content (AvgIpc) is 2.81. The third kappa shape index (κ3) is 7.72. The Kier molecular flexibility index (Phi) is 10.2. The van der Waals surface area contributed by atoms with E-state index < -0.39 is 0 Å². The maximum atomic E-state index is 12.6. The van der Waals surface area contributed by atoms with Crippen LogP contribution in [0.3, 0.4) is 0 Å². The topological polar surface area (TPSA) is 87.7 Å². The van der Waals surface area contributed by atoms with E-state index in [9.17, 15) is 14.4 Å². The number of anilines is 2. The Hall–Kier alpha value is -3.35. The fourth-order valence-electron chi connectivity index (χ4n) is 3.12. The van der Waals surface area contributed by atoms with Gasteiger partial charge in [-0.25, -0.2) is 4.79 Å². The zero-order valence-corrected chi connectivity index (χ0v) is 19.1. The van der Waals surface area contributed by atoms with Crippen LogP contribution >= 0.6 is 0 Å². The quantitative estimate of drug-likeness (QED) is 0.473. The molecule has 0 atom stereocenters. The Balaban J connectivity index is 1.85. The Labute approximate surface area is 190 Å². The van der Waals surface area contributed by atoms with Crippen molar-refractivity contribution in [1.29, 1.82) is 0 Å². The average molecular weight is 440 g/mol. The molecule has 32 heavy (non-hydrogen) atoms. The summed E-state index contributed by atoms with van der Waals surface area (Å²) in [4.78, 5) is 38.6. The summed E-state index contributed by atoms with van der Waals surface area (Å²) >= 11 is 0. The summed E-state index contributed by atoms with van der Waals surface area (Å²) in [6.07, 6.45) is 2.61. The molecule has 0 aliphatic heterocycles. The maximum Gasteiger partial charge on any atom is 0.338 e. The van der Waals surface area contributed by atoms with Crippen molar-refractivity contribution in [2.24, 2.45) is 0 Å². The molecule has 7 nitrogen and oxygen atoms in total. The lowest BCUT2D eigenvalue weighted by Gasteiger charge is -2.21. The van der Waals surface area contributed by atoms with Gasteiger partial charge in [-0.3, -0.25) is 9.59 Å². The van der Waals surface area contributed by atoms with E-state index in [2.05, 4.69) is 24.5 Å². The largest absolute Gasteiger partial charge is 0.462 e. The Morgan fingerprint density at radius 1 is 0.781 bits per heavy atom. The summed E-state index contributed by atoms with van der Waals surface area (Å²) in [6.45, 7) is 8.00. The first-order valence-electron chi connectivity index (χ1n) is 11.2. The number of rotatable bonds is 12. The van der Waals surface area contributed by atoms with Crippen molar-refractivity contribution in [2.45, 2.75) is 40.0 Å². The van der Waals surface area contributed by atoms with Crippen molar-refractivity contribution in [1.82, 2.24) is 4.90 Å². The molecule has 0 aromatic heterocycles. The number of carbonyl (C=O) groups is 3. The van der Waals surface area contributed by atoms with Gasteiger partial charge in [0, 0.05) is 30.0 Å². The first-order chi connectivity index (χ1) is 15.5. The lowest BCUT2D eigenvalue weighted by molar-refractivity contribution is -0.114. The molecule has 7 heteroatoms. The van der Waals surface area contributed by atoms with Crippen LogP contribution in [0, 0.1) is 0 Å². The molecular weight excluding hydrogens is 406 g/mol. The highest BCUT2D eigenvalue weighted by molar-refractivity contribution is 5.96. The number of hydrogen-bond acceptors (Lipinski definition) is 5. The molecule has 172 valence electrons. The number of nitrogens with one attached hydrogen (secondary N) is 2. The van der Waals surface area contributed by atoms with Crippen LogP contribution in [0.15, 0.2) is 48.5 Å².